The number of rotatable bonds is 9. The molecular formula is C22H25F3N2O5. The van der Waals surface area contributed by atoms with E-state index >= 15 is 0 Å². The molecule has 0 saturated heterocycles. The van der Waals surface area contributed by atoms with Gasteiger partial charge >= 0.3 is 12.1 Å². The Kier molecular flexibility index (Phi) is 7.12. The predicted molar refractivity (Wildman–Crippen MR) is 110 cm³/mol. The third-order valence-electron chi connectivity index (χ3n) is 5.08. The molecule has 3 rings (SSSR count). The molecule has 32 heavy (non-hydrogen) atoms. The standard InChI is InChI=1S/C22H25F3N2O5/c1-13-10-17(14(2)27(13)16-5-6-16)21(29)32-12-20(28)26-18-11-15(22(23,24)25)4-7-19(18)31-9-8-30-3/h4,7,10-11,16H,5-6,8-9,12H2,1-3H3,(H,26,28). The van der Waals surface area contributed by atoms with E-state index in [1.807, 2.05) is 13.8 Å². The normalized spacial score (nSPS) is 13.7. The first kappa shape index (κ1) is 23.6. The molecule has 2 aromatic rings. The molecule has 1 N–H and O–H groups in total. The molecule has 1 saturated carbocycles. The zero-order valence-electron chi connectivity index (χ0n) is 18.0. The largest absolute Gasteiger partial charge is 0.489 e. The summed E-state index contributed by atoms with van der Waals surface area (Å²) in [6.07, 6.45) is -2.49. The summed E-state index contributed by atoms with van der Waals surface area (Å²) in [5, 5.41) is 2.33. The predicted octanol–water partition coefficient (Wildman–Crippen LogP) is 4.28. The second-order valence-electron chi connectivity index (χ2n) is 7.56. The van der Waals surface area contributed by atoms with Gasteiger partial charge in [0.05, 0.1) is 23.4 Å². The number of methoxy groups -OCH3 is 1. The quantitative estimate of drug-likeness (QED) is 0.452. The van der Waals surface area contributed by atoms with Gasteiger partial charge in [-0.05, 0) is 51.0 Å². The fourth-order valence-electron chi connectivity index (χ4n) is 3.44. The van der Waals surface area contributed by atoms with Crippen LogP contribution in [0.25, 0.3) is 0 Å². The van der Waals surface area contributed by atoms with Crippen LogP contribution in [0.15, 0.2) is 24.3 Å². The number of esters is 1. The van der Waals surface area contributed by atoms with Crippen LogP contribution >= 0.6 is 0 Å². The Morgan fingerprint density at radius 2 is 1.88 bits per heavy atom. The molecule has 0 unspecified atom stereocenters. The highest BCUT2D eigenvalue weighted by molar-refractivity contribution is 5.97. The topological polar surface area (TPSA) is 78.8 Å². The minimum Gasteiger partial charge on any atom is -0.489 e. The minimum atomic E-state index is -4.60. The number of halogens is 3. The summed E-state index contributed by atoms with van der Waals surface area (Å²) >= 11 is 0. The minimum absolute atomic E-state index is 0.0442. The number of nitrogens with one attached hydrogen (secondary N) is 1. The Morgan fingerprint density at radius 1 is 1.16 bits per heavy atom. The number of aromatic nitrogens is 1. The molecule has 0 spiro atoms. The Bertz CT molecular complexity index is 996. The Balaban J connectivity index is 1.67. The number of anilines is 1. The zero-order chi connectivity index (χ0) is 23.5. The highest BCUT2D eigenvalue weighted by Crippen LogP contribution is 2.38. The van der Waals surface area contributed by atoms with E-state index in [0.717, 1.165) is 42.4 Å². The maximum absolute atomic E-state index is 13.1. The van der Waals surface area contributed by atoms with Crippen LogP contribution in [0.4, 0.5) is 18.9 Å². The van der Waals surface area contributed by atoms with Crippen LogP contribution in [0, 0.1) is 13.8 Å². The lowest BCUT2D eigenvalue weighted by atomic mass is 10.1. The van der Waals surface area contributed by atoms with E-state index in [-0.39, 0.29) is 24.7 Å². The number of nitrogens with zero attached hydrogens (tertiary/aromatic N) is 1. The van der Waals surface area contributed by atoms with E-state index in [4.69, 9.17) is 14.2 Å². The van der Waals surface area contributed by atoms with Crippen molar-refractivity contribution in [2.75, 3.05) is 32.2 Å². The van der Waals surface area contributed by atoms with Crippen molar-refractivity contribution in [1.29, 1.82) is 0 Å². The first-order valence-corrected chi connectivity index (χ1v) is 10.1. The maximum Gasteiger partial charge on any atom is 0.416 e. The average Bonchev–Trinajstić information content (AvgIpc) is 3.51. The second kappa shape index (κ2) is 9.64. The van der Waals surface area contributed by atoms with Gasteiger partial charge in [0.1, 0.15) is 12.4 Å². The molecule has 174 valence electrons. The third kappa shape index (κ3) is 5.61. The van der Waals surface area contributed by atoms with Crippen LogP contribution in [-0.4, -0.2) is 43.4 Å². The molecule has 0 aliphatic heterocycles. The van der Waals surface area contributed by atoms with Crippen molar-refractivity contribution in [2.45, 2.75) is 38.9 Å². The molecule has 1 heterocycles. The zero-order valence-corrected chi connectivity index (χ0v) is 18.0. The molecule has 7 nitrogen and oxygen atoms in total. The molecule has 0 bridgehead atoms. The van der Waals surface area contributed by atoms with E-state index in [1.54, 1.807) is 6.07 Å². The summed E-state index contributed by atoms with van der Waals surface area (Å²) in [5.74, 6) is -1.41. The molecule has 10 heteroatoms. The van der Waals surface area contributed by atoms with Gasteiger partial charge in [-0.2, -0.15) is 13.2 Å². The fraction of sp³-hybridized carbons (Fsp3) is 0.455. The molecule has 1 aliphatic carbocycles. The van der Waals surface area contributed by atoms with Gasteiger partial charge < -0.3 is 24.1 Å². The number of hydrogen-bond donors (Lipinski definition) is 1. The van der Waals surface area contributed by atoms with Gasteiger partial charge in [0.15, 0.2) is 6.61 Å². The molecule has 0 atom stereocenters. The van der Waals surface area contributed by atoms with Crippen LogP contribution in [0.1, 0.15) is 46.2 Å². The summed E-state index contributed by atoms with van der Waals surface area (Å²) in [6, 6.07) is 4.84. The molecule has 1 fully saturated rings. The lowest BCUT2D eigenvalue weighted by Gasteiger charge is -2.15. The third-order valence-corrected chi connectivity index (χ3v) is 5.08. The Hall–Kier alpha value is -3.01. The molecule has 1 aliphatic rings. The molecule has 0 radical (unpaired) electrons. The van der Waals surface area contributed by atoms with Crippen LogP contribution in [0.2, 0.25) is 0 Å². The van der Waals surface area contributed by atoms with E-state index < -0.39 is 30.2 Å². The van der Waals surface area contributed by atoms with Crippen molar-refractivity contribution in [1.82, 2.24) is 4.57 Å². The number of aryl methyl sites for hydroxylation is 1. The molecule has 1 amide bonds. The number of ether oxygens (including phenoxy) is 3. The second-order valence-corrected chi connectivity index (χ2v) is 7.56. The highest BCUT2D eigenvalue weighted by atomic mass is 19.4. The van der Waals surface area contributed by atoms with Gasteiger partial charge in [-0.15, -0.1) is 0 Å². The lowest BCUT2D eigenvalue weighted by molar-refractivity contribution is -0.137. The van der Waals surface area contributed by atoms with E-state index in [1.165, 1.54) is 7.11 Å². The van der Waals surface area contributed by atoms with Crippen molar-refractivity contribution >= 4 is 17.6 Å². The SMILES string of the molecule is COCCOc1ccc(C(F)(F)F)cc1NC(=O)COC(=O)c1cc(C)n(C2CC2)c1C. The van der Waals surface area contributed by atoms with Crippen LogP contribution in [-0.2, 0) is 20.4 Å². The summed E-state index contributed by atoms with van der Waals surface area (Å²) < 4.78 is 56.6. The van der Waals surface area contributed by atoms with E-state index in [9.17, 15) is 22.8 Å². The van der Waals surface area contributed by atoms with Gasteiger partial charge in [0.25, 0.3) is 5.91 Å². The number of alkyl halides is 3. The first-order valence-electron chi connectivity index (χ1n) is 10.1. The van der Waals surface area contributed by atoms with Gasteiger partial charge in [-0.25, -0.2) is 4.79 Å². The summed E-state index contributed by atoms with van der Waals surface area (Å²) in [7, 11) is 1.45. The summed E-state index contributed by atoms with van der Waals surface area (Å²) in [5.41, 5.74) is 0.940. The van der Waals surface area contributed by atoms with Crippen molar-refractivity contribution in [3.05, 3.63) is 46.8 Å². The van der Waals surface area contributed by atoms with Gasteiger partial charge in [0, 0.05) is 24.5 Å². The molecule has 1 aromatic heterocycles. The number of carbonyl (C=O) groups is 2. The summed E-state index contributed by atoms with van der Waals surface area (Å²) in [4.78, 5) is 24.8. The lowest BCUT2D eigenvalue weighted by Crippen LogP contribution is -2.22. The number of amides is 1. The van der Waals surface area contributed by atoms with Gasteiger partial charge in [-0.1, -0.05) is 0 Å². The van der Waals surface area contributed by atoms with Crippen molar-refractivity contribution in [3.8, 4) is 5.75 Å². The van der Waals surface area contributed by atoms with Crippen LogP contribution in [0.5, 0.6) is 5.75 Å². The smallest absolute Gasteiger partial charge is 0.416 e. The highest BCUT2D eigenvalue weighted by Gasteiger charge is 2.32. The van der Waals surface area contributed by atoms with Gasteiger partial charge in [-0.3, -0.25) is 4.79 Å². The number of hydrogen-bond acceptors (Lipinski definition) is 5. The fourth-order valence-corrected chi connectivity index (χ4v) is 3.44. The van der Waals surface area contributed by atoms with Crippen molar-refractivity contribution < 1.29 is 37.0 Å². The van der Waals surface area contributed by atoms with Gasteiger partial charge in [0.2, 0.25) is 0 Å². The number of carbonyl (C=O) groups excluding carboxylic acids is 2. The average molecular weight is 454 g/mol. The first-order chi connectivity index (χ1) is 15.1. The maximum atomic E-state index is 13.1. The van der Waals surface area contributed by atoms with E-state index in [2.05, 4.69) is 9.88 Å². The Labute approximate surface area is 183 Å². The van der Waals surface area contributed by atoms with Crippen LogP contribution < -0.4 is 10.1 Å². The Morgan fingerprint density at radius 3 is 2.50 bits per heavy atom. The van der Waals surface area contributed by atoms with Crippen LogP contribution in [0.3, 0.4) is 0 Å². The van der Waals surface area contributed by atoms with Crippen molar-refractivity contribution in [2.24, 2.45) is 0 Å². The molecular weight excluding hydrogens is 429 g/mol. The monoisotopic (exact) mass is 454 g/mol. The number of benzene rings is 1. The molecule has 1 aromatic carbocycles. The van der Waals surface area contributed by atoms with Crippen molar-refractivity contribution in [3.63, 3.8) is 0 Å². The summed E-state index contributed by atoms with van der Waals surface area (Å²) in [6.45, 7) is 3.35. The van der Waals surface area contributed by atoms with E-state index in [0.29, 0.717) is 11.6 Å².